The van der Waals surface area contributed by atoms with E-state index in [0.29, 0.717) is 22.6 Å². The average molecular weight is 272 g/mol. The van der Waals surface area contributed by atoms with Crippen LogP contribution in [0.1, 0.15) is 32.1 Å². The summed E-state index contributed by atoms with van der Waals surface area (Å²) < 4.78 is 0. The maximum atomic E-state index is 12.1. The molecule has 0 fully saturated rings. The Balaban J connectivity index is 2.25. The molecular formula is C13H12N4O3. The Bertz CT molecular complexity index is 685. The quantitative estimate of drug-likeness (QED) is 0.875. The van der Waals surface area contributed by atoms with Gasteiger partial charge >= 0.3 is 5.97 Å². The Kier molecular flexibility index (Phi) is 3.69. The monoisotopic (exact) mass is 272 g/mol. The zero-order chi connectivity index (χ0) is 14.7. The molecule has 2 aromatic rings. The van der Waals surface area contributed by atoms with Gasteiger partial charge in [-0.3, -0.25) is 9.78 Å². The van der Waals surface area contributed by atoms with Crippen LogP contribution in [0, 0.1) is 13.8 Å². The van der Waals surface area contributed by atoms with Crippen molar-refractivity contribution in [2.45, 2.75) is 13.8 Å². The van der Waals surface area contributed by atoms with E-state index in [4.69, 9.17) is 5.11 Å². The number of nitrogens with one attached hydrogen (secondary N) is 1. The second-order valence-electron chi connectivity index (χ2n) is 4.21. The second kappa shape index (κ2) is 5.43. The third kappa shape index (κ3) is 2.94. The van der Waals surface area contributed by atoms with Crippen molar-refractivity contribution in [3.63, 3.8) is 0 Å². The largest absolute Gasteiger partial charge is 0.478 e. The topological polar surface area (TPSA) is 105 Å². The van der Waals surface area contributed by atoms with Crippen LogP contribution >= 0.6 is 0 Å². The SMILES string of the molecule is Cc1cc(C(=O)Nc2cncc(C(=O)O)c2)c(C)nn1. The number of hydrogen-bond acceptors (Lipinski definition) is 5. The zero-order valence-electron chi connectivity index (χ0n) is 10.9. The van der Waals surface area contributed by atoms with Gasteiger partial charge in [0.1, 0.15) is 0 Å². The van der Waals surface area contributed by atoms with Gasteiger partial charge in [-0.2, -0.15) is 10.2 Å². The normalized spacial score (nSPS) is 10.1. The Morgan fingerprint density at radius 3 is 2.60 bits per heavy atom. The van der Waals surface area contributed by atoms with Gasteiger partial charge in [0.2, 0.25) is 0 Å². The molecule has 2 N–H and O–H groups in total. The predicted octanol–water partition coefficient (Wildman–Crippen LogP) is 1.44. The summed E-state index contributed by atoms with van der Waals surface area (Å²) in [7, 11) is 0. The maximum Gasteiger partial charge on any atom is 0.337 e. The van der Waals surface area contributed by atoms with Crippen LogP contribution in [0.25, 0.3) is 0 Å². The van der Waals surface area contributed by atoms with E-state index in [1.807, 2.05) is 0 Å². The molecule has 0 aliphatic carbocycles. The van der Waals surface area contributed by atoms with Crippen molar-refractivity contribution in [2.75, 3.05) is 5.32 Å². The maximum absolute atomic E-state index is 12.1. The van der Waals surface area contributed by atoms with E-state index in [1.165, 1.54) is 18.5 Å². The van der Waals surface area contributed by atoms with Crippen molar-refractivity contribution in [3.8, 4) is 0 Å². The number of rotatable bonds is 3. The first-order valence-electron chi connectivity index (χ1n) is 5.78. The molecule has 20 heavy (non-hydrogen) atoms. The number of amides is 1. The molecule has 102 valence electrons. The molecule has 0 saturated heterocycles. The van der Waals surface area contributed by atoms with Crippen LogP contribution < -0.4 is 5.32 Å². The highest BCUT2D eigenvalue weighted by atomic mass is 16.4. The van der Waals surface area contributed by atoms with E-state index < -0.39 is 5.97 Å². The minimum Gasteiger partial charge on any atom is -0.478 e. The molecule has 7 heteroatoms. The molecule has 0 atom stereocenters. The number of carboxylic acid groups (broad SMARTS) is 1. The smallest absolute Gasteiger partial charge is 0.337 e. The van der Waals surface area contributed by atoms with E-state index in [-0.39, 0.29) is 11.5 Å². The number of carboxylic acids is 1. The molecule has 2 rings (SSSR count). The molecule has 7 nitrogen and oxygen atoms in total. The number of hydrogen-bond donors (Lipinski definition) is 2. The molecule has 2 heterocycles. The molecule has 0 aromatic carbocycles. The van der Waals surface area contributed by atoms with E-state index in [1.54, 1.807) is 19.9 Å². The third-order valence-electron chi connectivity index (χ3n) is 2.59. The number of nitrogens with zero attached hydrogens (tertiary/aromatic N) is 3. The molecule has 0 saturated carbocycles. The van der Waals surface area contributed by atoms with Gasteiger partial charge in [0.25, 0.3) is 5.91 Å². The number of aromatic carboxylic acids is 1. The van der Waals surface area contributed by atoms with Gasteiger partial charge in [0, 0.05) is 6.20 Å². The van der Waals surface area contributed by atoms with Gasteiger partial charge in [-0.1, -0.05) is 0 Å². The number of carbonyl (C=O) groups is 2. The number of aryl methyl sites for hydroxylation is 2. The molecule has 0 aliphatic rings. The van der Waals surface area contributed by atoms with Crippen molar-refractivity contribution in [3.05, 3.63) is 47.0 Å². The first kappa shape index (κ1) is 13.6. The van der Waals surface area contributed by atoms with Crippen LogP contribution in [0.4, 0.5) is 5.69 Å². The van der Waals surface area contributed by atoms with Crippen LogP contribution in [0.3, 0.4) is 0 Å². The van der Waals surface area contributed by atoms with Crippen LogP contribution in [0.2, 0.25) is 0 Å². The molecule has 0 bridgehead atoms. The summed E-state index contributed by atoms with van der Waals surface area (Å²) in [6.45, 7) is 3.41. The Hall–Kier alpha value is -2.83. The molecule has 0 unspecified atom stereocenters. The number of carbonyl (C=O) groups excluding carboxylic acids is 1. The summed E-state index contributed by atoms with van der Waals surface area (Å²) in [5, 5.41) is 19.2. The summed E-state index contributed by atoms with van der Waals surface area (Å²) in [5.74, 6) is -1.49. The number of pyridine rings is 1. The van der Waals surface area contributed by atoms with Crippen molar-refractivity contribution in [2.24, 2.45) is 0 Å². The first-order valence-corrected chi connectivity index (χ1v) is 5.78. The average Bonchev–Trinajstić information content (AvgIpc) is 2.41. The molecular weight excluding hydrogens is 260 g/mol. The highest BCUT2D eigenvalue weighted by molar-refractivity contribution is 6.05. The van der Waals surface area contributed by atoms with Gasteiger partial charge in [-0.05, 0) is 26.0 Å². The second-order valence-corrected chi connectivity index (χ2v) is 4.21. The fraction of sp³-hybridized carbons (Fsp3) is 0.154. The van der Waals surface area contributed by atoms with Crippen molar-refractivity contribution >= 4 is 17.6 Å². The van der Waals surface area contributed by atoms with Crippen molar-refractivity contribution < 1.29 is 14.7 Å². The summed E-state index contributed by atoms with van der Waals surface area (Å²) >= 11 is 0. The van der Waals surface area contributed by atoms with Gasteiger partial charge in [-0.15, -0.1) is 0 Å². The summed E-state index contributed by atoms with van der Waals surface area (Å²) in [6.07, 6.45) is 2.59. The van der Waals surface area contributed by atoms with Crippen LogP contribution in [0.15, 0.2) is 24.5 Å². The fourth-order valence-corrected chi connectivity index (χ4v) is 1.60. The van der Waals surface area contributed by atoms with E-state index in [2.05, 4.69) is 20.5 Å². The van der Waals surface area contributed by atoms with Crippen molar-refractivity contribution in [1.29, 1.82) is 0 Å². The van der Waals surface area contributed by atoms with Gasteiger partial charge in [0.05, 0.1) is 34.4 Å². The zero-order valence-corrected chi connectivity index (χ0v) is 10.9. The minimum atomic E-state index is -1.11. The number of aromatic nitrogens is 3. The predicted molar refractivity (Wildman–Crippen MR) is 70.7 cm³/mol. The van der Waals surface area contributed by atoms with E-state index in [9.17, 15) is 9.59 Å². The summed E-state index contributed by atoms with van der Waals surface area (Å²) in [6, 6.07) is 2.95. The third-order valence-corrected chi connectivity index (χ3v) is 2.59. The molecule has 0 spiro atoms. The molecule has 2 aromatic heterocycles. The fourth-order valence-electron chi connectivity index (χ4n) is 1.60. The summed E-state index contributed by atoms with van der Waals surface area (Å²) in [5.41, 5.74) is 1.82. The highest BCUT2D eigenvalue weighted by Gasteiger charge is 2.12. The standard InChI is InChI=1S/C13H12N4O3/c1-7-3-11(8(2)17-16-7)12(18)15-10-4-9(13(19)20)5-14-6-10/h3-6H,1-2H3,(H,15,18)(H,19,20). The minimum absolute atomic E-state index is 0.00329. The van der Waals surface area contributed by atoms with Crippen LogP contribution in [-0.4, -0.2) is 32.2 Å². The lowest BCUT2D eigenvalue weighted by Crippen LogP contribution is -2.15. The Morgan fingerprint density at radius 2 is 1.90 bits per heavy atom. The van der Waals surface area contributed by atoms with Crippen molar-refractivity contribution in [1.82, 2.24) is 15.2 Å². The van der Waals surface area contributed by atoms with E-state index in [0.717, 1.165) is 0 Å². The van der Waals surface area contributed by atoms with Crippen LogP contribution in [-0.2, 0) is 0 Å². The Morgan fingerprint density at radius 1 is 1.15 bits per heavy atom. The highest BCUT2D eigenvalue weighted by Crippen LogP contribution is 2.12. The molecule has 0 radical (unpaired) electrons. The van der Waals surface area contributed by atoms with Crippen LogP contribution in [0.5, 0.6) is 0 Å². The lowest BCUT2D eigenvalue weighted by atomic mass is 10.2. The van der Waals surface area contributed by atoms with Gasteiger partial charge < -0.3 is 10.4 Å². The lowest BCUT2D eigenvalue weighted by Gasteiger charge is -2.07. The summed E-state index contributed by atoms with van der Waals surface area (Å²) in [4.78, 5) is 26.7. The molecule has 1 amide bonds. The van der Waals surface area contributed by atoms with Gasteiger partial charge in [-0.25, -0.2) is 4.79 Å². The molecule has 0 aliphatic heterocycles. The van der Waals surface area contributed by atoms with E-state index >= 15 is 0 Å². The van der Waals surface area contributed by atoms with Gasteiger partial charge in [0.15, 0.2) is 0 Å². The Labute approximate surface area is 114 Å². The lowest BCUT2D eigenvalue weighted by molar-refractivity contribution is 0.0696. The first-order chi connectivity index (χ1) is 9.47. The number of anilines is 1.